The number of amides is 1. The van der Waals surface area contributed by atoms with Crippen molar-refractivity contribution in [3.05, 3.63) is 42.1 Å². The van der Waals surface area contributed by atoms with Crippen LogP contribution >= 0.6 is 0 Å². The van der Waals surface area contributed by atoms with Gasteiger partial charge in [-0.1, -0.05) is 12.1 Å². The summed E-state index contributed by atoms with van der Waals surface area (Å²) in [5.74, 6) is 0.519. The molecule has 1 aromatic carbocycles. The lowest BCUT2D eigenvalue weighted by Crippen LogP contribution is -2.13. The van der Waals surface area contributed by atoms with Crippen molar-refractivity contribution in [3.63, 3.8) is 0 Å². The molecule has 0 atom stereocenters. The molecule has 6 nitrogen and oxygen atoms in total. The SMILES string of the molecule is NC(=O)c1ccccc1OCCCn1ccc(N)n1. The third kappa shape index (κ3) is 3.48. The topological polar surface area (TPSA) is 96.2 Å². The number of nitrogens with two attached hydrogens (primary N) is 2. The molecule has 2 aromatic rings. The van der Waals surface area contributed by atoms with E-state index in [9.17, 15) is 4.79 Å². The van der Waals surface area contributed by atoms with Gasteiger partial charge in [0.05, 0.1) is 12.2 Å². The van der Waals surface area contributed by atoms with E-state index in [1.807, 2.05) is 6.20 Å². The smallest absolute Gasteiger partial charge is 0.252 e. The first kappa shape index (κ1) is 12.9. The summed E-state index contributed by atoms with van der Waals surface area (Å²) in [7, 11) is 0. The van der Waals surface area contributed by atoms with Crippen LogP contribution in [-0.2, 0) is 6.54 Å². The van der Waals surface area contributed by atoms with Crippen molar-refractivity contribution in [2.24, 2.45) is 5.73 Å². The van der Waals surface area contributed by atoms with Crippen LogP contribution in [0.2, 0.25) is 0 Å². The Morgan fingerprint density at radius 1 is 1.32 bits per heavy atom. The number of hydrogen-bond donors (Lipinski definition) is 2. The van der Waals surface area contributed by atoms with Gasteiger partial charge >= 0.3 is 0 Å². The second-order valence-corrected chi connectivity index (χ2v) is 4.07. The second-order valence-electron chi connectivity index (χ2n) is 4.07. The van der Waals surface area contributed by atoms with Gasteiger partial charge in [0.15, 0.2) is 0 Å². The fourth-order valence-corrected chi connectivity index (χ4v) is 1.71. The maximum absolute atomic E-state index is 11.2. The minimum atomic E-state index is -0.490. The van der Waals surface area contributed by atoms with E-state index in [1.165, 1.54) is 0 Å². The zero-order chi connectivity index (χ0) is 13.7. The van der Waals surface area contributed by atoms with Crippen LogP contribution in [0.4, 0.5) is 5.82 Å². The molecule has 0 aliphatic rings. The Bertz CT molecular complexity index is 565. The van der Waals surface area contributed by atoms with Gasteiger partial charge in [-0.05, 0) is 18.2 Å². The highest BCUT2D eigenvalue weighted by Gasteiger charge is 2.07. The molecule has 1 aromatic heterocycles. The van der Waals surface area contributed by atoms with Crippen LogP contribution in [0.5, 0.6) is 5.75 Å². The fraction of sp³-hybridized carbons (Fsp3) is 0.231. The molecule has 100 valence electrons. The van der Waals surface area contributed by atoms with E-state index in [4.69, 9.17) is 16.2 Å². The maximum Gasteiger partial charge on any atom is 0.252 e. The highest BCUT2D eigenvalue weighted by atomic mass is 16.5. The van der Waals surface area contributed by atoms with Crippen molar-refractivity contribution >= 4 is 11.7 Å². The third-order valence-electron chi connectivity index (χ3n) is 2.60. The van der Waals surface area contributed by atoms with Gasteiger partial charge in [-0.25, -0.2) is 0 Å². The lowest BCUT2D eigenvalue weighted by molar-refractivity contribution is 0.0996. The zero-order valence-corrected chi connectivity index (χ0v) is 10.5. The molecule has 1 amide bonds. The number of carbonyl (C=O) groups excluding carboxylic acids is 1. The molecule has 1 heterocycles. The summed E-state index contributed by atoms with van der Waals surface area (Å²) in [6, 6.07) is 8.66. The molecule has 0 radical (unpaired) electrons. The molecule has 0 spiro atoms. The van der Waals surface area contributed by atoms with Gasteiger partial charge < -0.3 is 16.2 Å². The average Bonchev–Trinajstić information content (AvgIpc) is 2.81. The summed E-state index contributed by atoms with van der Waals surface area (Å²) < 4.78 is 7.30. The third-order valence-corrected chi connectivity index (χ3v) is 2.60. The number of aromatic nitrogens is 2. The highest BCUT2D eigenvalue weighted by molar-refractivity contribution is 5.95. The van der Waals surface area contributed by atoms with E-state index >= 15 is 0 Å². The number of carbonyl (C=O) groups is 1. The number of anilines is 1. The Hall–Kier alpha value is -2.50. The number of hydrogen-bond acceptors (Lipinski definition) is 4. The second kappa shape index (κ2) is 5.90. The van der Waals surface area contributed by atoms with Crippen LogP contribution in [0.25, 0.3) is 0 Å². The van der Waals surface area contributed by atoms with Crippen LogP contribution in [-0.4, -0.2) is 22.3 Å². The molecule has 4 N–H and O–H groups in total. The molecule has 0 saturated heterocycles. The fourth-order valence-electron chi connectivity index (χ4n) is 1.71. The standard InChI is InChI=1S/C13H16N4O2/c14-12-6-8-17(16-12)7-3-9-19-11-5-2-1-4-10(11)13(15)18/h1-2,4-6,8H,3,7,9H2,(H2,14,16)(H2,15,18). The molecular formula is C13H16N4O2. The number of ether oxygens (including phenoxy) is 1. The monoisotopic (exact) mass is 260 g/mol. The van der Waals surface area contributed by atoms with Crippen molar-refractivity contribution < 1.29 is 9.53 Å². The number of para-hydroxylation sites is 1. The van der Waals surface area contributed by atoms with E-state index in [1.54, 1.807) is 35.0 Å². The first-order valence-corrected chi connectivity index (χ1v) is 5.97. The quantitative estimate of drug-likeness (QED) is 0.758. The summed E-state index contributed by atoms with van der Waals surface area (Å²) in [5.41, 5.74) is 11.2. The molecule has 6 heteroatoms. The van der Waals surface area contributed by atoms with Gasteiger partial charge in [0.1, 0.15) is 11.6 Å². The summed E-state index contributed by atoms with van der Waals surface area (Å²) in [6.07, 6.45) is 2.57. The van der Waals surface area contributed by atoms with E-state index in [2.05, 4.69) is 5.10 Å². The number of nitrogen functional groups attached to an aromatic ring is 1. The van der Waals surface area contributed by atoms with Gasteiger partial charge in [-0.2, -0.15) is 5.10 Å². The van der Waals surface area contributed by atoms with Gasteiger partial charge in [0.2, 0.25) is 0 Å². The molecular weight excluding hydrogens is 244 g/mol. The van der Waals surface area contributed by atoms with Crippen molar-refractivity contribution in [3.8, 4) is 5.75 Å². The molecule has 19 heavy (non-hydrogen) atoms. The van der Waals surface area contributed by atoms with Gasteiger partial charge in [0, 0.05) is 19.2 Å². The van der Waals surface area contributed by atoms with Gasteiger partial charge in [-0.15, -0.1) is 0 Å². The number of aryl methyl sites for hydroxylation is 1. The predicted molar refractivity (Wildman–Crippen MR) is 71.7 cm³/mol. The van der Waals surface area contributed by atoms with Crippen molar-refractivity contribution in [2.75, 3.05) is 12.3 Å². The molecule has 0 unspecified atom stereocenters. The first-order chi connectivity index (χ1) is 9.16. The van der Waals surface area contributed by atoms with E-state index in [0.29, 0.717) is 30.3 Å². The van der Waals surface area contributed by atoms with Crippen LogP contribution in [0.3, 0.4) is 0 Å². The number of benzene rings is 1. The summed E-state index contributed by atoms with van der Waals surface area (Å²) >= 11 is 0. The Morgan fingerprint density at radius 3 is 2.79 bits per heavy atom. The molecule has 2 rings (SSSR count). The van der Waals surface area contributed by atoms with E-state index in [-0.39, 0.29) is 0 Å². The van der Waals surface area contributed by atoms with Crippen molar-refractivity contribution in [2.45, 2.75) is 13.0 Å². The minimum absolute atomic E-state index is 0.394. The predicted octanol–water partition coefficient (Wildman–Crippen LogP) is 1.03. The summed E-state index contributed by atoms with van der Waals surface area (Å²) in [5, 5.41) is 4.07. The van der Waals surface area contributed by atoms with E-state index < -0.39 is 5.91 Å². The normalized spacial score (nSPS) is 10.3. The molecule has 0 fully saturated rings. The Labute approximate surface area is 111 Å². The maximum atomic E-state index is 11.2. The lowest BCUT2D eigenvalue weighted by atomic mass is 10.2. The average molecular weight is 260 g/mol. The number of rotatable bonds is 6. The highest BCUT2D eigenvalue weighted by Crippen LogP contribution is 2.17. The summed E-state index contributed by atoms with van der Waals surface area (Å²) in [6.45, 7) is 1.18. The van der Waals surface area contributed by atoms with Crippen LogP contribution in [0.15, 0.2) is 36.5 Å². The van der Waals surface area contributed by atoms with E-state index in [0.717, 1.165) is 6.42 Å². The Balaban J connectivity index is 1.84. The van der Waals surface area contributed by atoms with Crippen LogP contribution in [0.1, 0.15) is 16.8 Å². The molecule has 0 saturated carbocycles. The Kier molecular flexibility index (Phi) is 4.02. The molecule has 0 bridgehead atoms. The molecule has 0 aliphatic heterocycles. The molecule has 0 aliphatic carbocycles. The van der Waals surface area contributed by atoms with Gasteiger partial charge in [-0.3, -0.25) is 9.48 Å². The number of primary amides is 1. The lowest BCUT2D eigenvalue weighted by Gasteiger charge is -2.09. The Morgan fingerprint density at radius 2 is 2.11 bits per heavy atom. The van der Waals surface area contributed by atoms with Crippen LogP contribution < -0.4 is 16.2 Å². The zero-order valence-electron chi connectivity index (χ0n) is 10.5. The summed E-state index contributed by atoms with van der Waals surface area (Å²) in [4.78, 5) is 11.2. The minimum Gasteiger partial charge on any atom is -0.493 e. The van der Waals surface area contributed by atoms with Crippen molar-refractivity contribution in [1.29, 1.82) is 0 Å². The number of nitrogens with zero attached hydrogens (tertiary/aromatic N) is 2. The largest absolute Gasteiger partial charge is 0.493 e. The van der Waals surface area contributed by atoms with Crippen LogP contribution in [0, 0.1) is 0 Å². The van der Waals surface area contributed by atoms with Gasteiger partial charge in [0.25, 0.3) is 5.91 Å². The first-order valence-electron chi connectivity index (χ1n) is 5.97. The van der Waals surface area contributed by atoms with Crippen molar-refractivity contribution in [1.82, 2.24) is 9.78 Å².